The third kappa shape index (κ3) is 5.28. The van der Waals surface area contributed by atoms with Crippen molar-refractivity contribution in [2.24, 2.45) is 5.92 Å². The zero-order valence-corrected chi connectivity index (χ0v) is 12.0. The molecule has 2 nitrogen and oxygen atoms in total. The number of halogens is 4. The van der Waals surface area contributed by atoms with Gasteiger partial charge >= 0.3 is 6.18 Å². The van der Waals surface area contributed by atoms with Crippen molar-refractivity contribution in [2.75, 3.05) is 26.2 Å². The quantitative estimate of drug-likeness (QED) is 0.841. The molecule has 1 heterocycles. The molecular formula is C15H20F4N2. The molecule has 0 aromatic heterocycles. The molecule has 1 aliphatic rings. The molecule has 1 fully saturated rings. The molecule has 0 saturated carbocycles. The number of nitrogens with zero attached hydrogens (tertiary/aromatic N) is 1. The fraction of sp³-hybridized carbons (Fsp3) is 0.600. The number of likely N-dealkylation sites (tertiary alicyclic amines) is 1. The van der Waals surface area contributed by atoms with Gasteiger partial charge in [-0.05, 0) is 49.5 Å². The van der Waals surface area contributed by atoms with Gasteiger partial charge in [0, 0.05) is 13.1 Å². The van der Waals surface area contributed by atoms with Crippen LogP contribution in [0.2, 0.25) is 0 Å². The number of hydrogen-bond acceptors (Lipinski definition) is 2. The molecule has 1 saturated heterocycles. The molecule has 0 aliphatic carbocycles. The number of hydrogen-bond donors (Lipinski definition) is 1. The first-order chi connectivity index (χ1) is 9.83. The predicted octanol–water partition coefficient (Wildman–Crippen LogP) is 3.11. The molecule has 0 unspecified atom stereocenters. The smallest absolute Gasteiger partial charge is 0.312 e. The van der Waals surface area contributed by atoms with E-state index in [1.54, 1.807) is 19.1 Å². The Kier molecular flexibility index (Phi) is 5.22. The van der Waals surface area contributed by atoms with Gasteiger partial charge in [0.05, 0.1) is 6.54 Å². The lowest BCUT2D eigenvalue weighted by molar-refractivity contribution is -0.143. The van der Waals surface area contributed by atoms with E-state index in [4.69, 9.17) is 0 Å². The van der Waals surface area contributed by atoms with E-state index in [0.717, 1.165) is 12.0 Å². The highest BCUT2D eigenvalue weighted by Crippen LogP contribution is 2.22. The minimum Gasteiger partial charge on any atom is -0.312 e. The monoisotopic (exact) mass is 304 g/mol. The Hall–Kier alpha value is -1.14. The molecule has 21 heavy (non-hydrogen) atoms. The third-order valence-corrected chi connectivity index (χ3v) is 3.76. The lowest BCUT2D eigenvalue weighted by Crippen LogP contribution is -2.33. The van der Waals surface area contributed by atoms with Gasteiger partial charge < -0.3 is 5.32 Å². The normalized spacial score (nSPS) is 20.1. The molecule has 2 rings (SSSR count). The average Bonchev–Trinajstić information content (AvgIpc) is 2.79. The van der Waals surface area contributed by atoms with Crippen molar-refractivity contribution in [3.8, 4) is 0 Å². The topological polar surface area (TPSA) is 15.3 Å². The summed E-state index contributed by atoms with van der Waals surface area (Å²) >= 11 is 0. The summed E-state index contributed by atoms with van der Waals surface area (Å²) in [6.07, 6.45) is -3.33. The van der Waals surface area contributed by atoms with Gasteiger partial charge in [-0.3, -0.25) is 4.90 Å². The van der Waals surface area contributed by atoms with Crippen molar-refractivity contribution in [3.05, 3.63) is 35.1 Å². The summed E-state index contributed by atoms with van der Waals surface area (Å²) in [5.74, 6) is 0.0197. The molecule has 0 amide bonds. The highest BCUT2D eigenvalue weighted by Gasteiger charge is 2.34. The zero-order chi connectivity index (χ0) is 15.5. The molecule has 0 bridgehead atoms. The van der Waals surface area contributed by atoms with Gasteiger partial charge in [0.15, 0.2) is 0 Å². The Morgan fingerprint density at radius 2 is 2.10 bits per heavy atom. The van der Waals surface area contributed by atoms with Crippen molar-refractivity contribution in [2.45, 2.75) is 26.1 Å². The van der Waals surface area contributed by atoms with Crippen LogP contribution in [0.25, 0.3) is 0 Å². The van der Waals surface area contributed by atoms with Crippen molar-refractivity contribution in [1.82, 2.24) is 10.2 Å². The standard InChI is InChI=1S/C15H20F4N2/c1-11-6-12(2-3-14(11)16)7-20-8-13-4-5-21(9-13)10-15(17,18)19/h2-3,6,13,20H,4-5,7-10H2,1H3/t13-/m1/s1. The lowest BCUT2D eigenvalue weighted by atomic mass is 10.1. The second-order valence-corrected chi connectivity index (χ2v) is 5.72. The molecule has 118 valence electrons. The van der Waals surface area contributed by atoms with E-state index in [1.807, 2.05) is 0 Å². The molecule has 1 atom stereocenters. The van der Waals surface area contributed by atoms with Crippen LogP contribution < -0.4 is 5.32 Å². The number of aryl methyl sites for hydroxylation is 1. The first kappa shape index (κ1) is 16.2. The first-order valence-corrected chi connectivity index (χ1v) is 7.08. The molecule has 6 heteroatoms. The summed E-state index contributed by atoms with van der Waals surface area (Å²) in [4.78, 5) is 1.45. The minimum absolute atomic E-state index is 0.225. The lowest BCUT2D eigenvalue weighted by Gasteiger charge is -2.18. The van der Waals surface area contributed by atoms with Crippen molar-refractivity contribution < 1.29 is 17.6 Å². The van der Waals surface area contributed by atoms with Gasteiger partial charge in [-0.2, -0.15) is 13.2 Å². The number of nitrogens with one attached hydrogen (secondary N) is 1. The second kappa shape index (κ2) is 6.75. The van der Waals surface area contributed by atoms with Crippen LogP contribution in [0, 0.1) is 18.7 Å². The van der Waals surface area contributed by atoms with E-state index in [2.05, 4.69) is 5.32 Å². The molecule has 1 aromatic rings. The van der Waals surface area contributed by atoms with Crippen molar-refractivity contribution in [3.63, 3.8) is 0 Å². The molecular weight excluding hydrogens is 284 g/mol. The Balaban J connectivity index is 1.71. The fourth-order valence-corrected chi connectivity index (χ4v) is 2.71. The highest BCUT2D eigenvalue weighted by molar-refractivity contribution is 5.23. The predicted molar refractivity (Wildman–Crippen MR) is 73.4 cm³/mol. The Bertz CT molecular complexity index is 473. The number of benzene rings is 1. The third-order valence-electron chi connectivity index (χ3n) is 3.76. The second-order valence-electron chi connectivity index (χ2n) is 5.72. The number of alkyl halides is 3. The minimum atomic E-state index is -4.12. The molecule has 0 spiro atoms. The summed E-state index contributed by atoms with van der Waals surface area (Å²) < 4.78 is 50.0. The maximum absolute atomic E-state index is 13.1. The van der Waals surface area contributed by atoms with Crippen LogP contribution in [-0.2, 0) is 6.54 Å². The molecule has 1 N–H and O–H groups in total. The number of rotatable bonds is 5. The van der Waals surface area contributed by atoms with Crippen LogP contribution in [0.5, 0.6) is 0 Å². The van der Waals surface area contributed by atoms with Crippen LogP contribution >= 0.6 is 0 Å². The van der Waals surface area contributed by atoms with E-state index >= 15 is 0 Å². The van der Waals surface area contributed by atoms with Gasteiger partial charge in [0.1, 0.15) is 5.82 Å². The molecule has 1 aliphatic heterocycles. The van der Waals surface area contributed by atoms with Gasteiger partial charge in [0.2, 0.25) is 0 Å². The van der Waals surface area contributed by atoms with E-state index in [0.29, 0.717) is 31.7 Å². The zero-order valence-electron chi connectivity index (χ0n) is 12.0. The van der Waals surface area contributed by atoms with Crippen LogP contribution in [-0.4, -0.2) is 37.3 Å². The summed E-state index contributed by atoms with van der Waals surface area (Å²) in [6.45, 7) is 3.17. The Labute approximate surface area is 122 Å². The molecule has 0 radical (unpaired) electrons. The highest BCUT2D eigenvalue weighted by atomic mass is 19.4. The summed E-state index contributed by atoms with van der Waals surface area (Å²) in [5, 5.41) is 3.24. The molecule has 1 aromatic carbocycles. The SMILES string of the molecule is Cc1cc(CNC[C@H]2CCN(CC(F)(F)F)C2)ccc1F. The summed E-state index contributed by atoms with van der Waals surface area (Å²) in [5.41, 5.74) is 1.59. The van der Waals surface area contributed by atoms with Gasteiger partial charge in [0.25, 0.3) is 0 Å². The van der Waals surface area contributed by atoms with Crippen LogP contribution in [0.1, 0.15) is 17.5 Å². The van der Waals surface area contributed by atoms with Gasteiger partial charge in [-0.1, -0.05) is 12.1 Å². The van der Waals surface area contributed by atoms with E-state index in [1.165, 1.54) is 11.0 Å². The summed E-state index contributed by atoms with van der Waals surface area (Å²) in [6, 6.07) is 4.94. The maximum Gasteiger partial charge on any atom is 0.401 e. The largest absolute Gasteiger partial charge is 0.401 e. The summed E-state index contributed by atoms with van der Waals surface area (Å²) in [7, 11) is 0. The Morgan fingerprint density at radius 1 is 1.33 bits per heavy atom. The fourth-order valence-electron chi connectivity index (χ4n) is 2.71. The van der Waals surface area contributed by atoms with Crippen LogP contribution in [0.3, 0.4) is 0 Å². The van der Waals surface area contributed by atoms with Gasteiger partial charge in [-0.25, -0.2) is 4.39 Å². The Morgan fingerprint density at radius 3 is 2.76 bits per heavy atom. The van der Waals surface area contributed by atoms with E-state index in [-0.39, 0.29) is 11.7 Å². The van der Waals surface area contributed by atoms with E-state index < -0.39 is 12.7 Å². The van der Waals surface area contributed by atoms with Crippen molar-refractivity contribution >= 4 is 0 Å². The van der Waals surface area contributed by atoms with Crippen LogP contribution in [0.4, 0.5) is 17.6 Å². The van der Waals surface area contributed by atoms with Crippen LogP contribution in [0.15, 0.2) is 18.2 Å². The van der Waals surface area contributed by atoms with Crippen molar-refractivity contribution in [1.29, 1.82) is 0 Å². The van der Waals surface area contributed by atoms with Gasteiger partial charge in [-0.15, -0.1) is 0 Å². The maximum atomic E-state index is 13.1. The van der Waals surface area contributed by atoms with E-state index in [9.17, 15) is 17.6 Å². The first-order valence-electron chi connectivity index (χ1n) is 7.08. The average molecular weight is 304 g/mol.